The minimum atomic E-state index is -0.798. The lowest BCUT2D eigenvalue weighted by Crippen LogP contribution is -2.29. The van der Waals surface area contributed by atoms with E-state index >= 15 is 0 Å². The first-order valence-corrected chi connectivity index (χ1v) is 32.5. The van der Waals surface area contributed by atoms with Crippen LogP contribution in [-0.2, 0) is 5.41 Å². The molecule has 0 amide bonds. The molecule has 0 bridgehead atoms. The van der Waals surface area contributed by atoms with Crippen molar-refractivity contribution < 1.29 is 8.83 Å². The quantitative estimate of drug-likeness (QED) is 0.128. The van der Waals surface area contributed by atoms with Gasteiger partial charge in [-0.15, -0.1) is 0 Å². The van der Waals surface area contributed by atoms with Crippen LogP contribution in [-0.4, -0.2) is 0 Å². The van der Waals surface area contributed by atoms with Crippen molar-refractivity contribution in [3.05, 3.63) is 300 Å². The van der Waals surface area contributed by atoms with Crippen molar-refractivity contribution in [1.82, 2.24) is 0 Å². The molecule has 2 aromatic heterocycles. The van der Waals surface area contributed by atoms with Gasteiger partial charge in [-0.05, 0) is 164 Å². The molecule has 0 radical (unpaired) electrons. The van der Waals surface area contributed by atoms with Gasteiger partial charge >= 0.3 is 0 Å². The first-order chi connectivity index (χ1) is 44.2. The second-order valence-corrected chi connectivity index (χ2v) is 25.3. The Kier molecular flexibility index (Phi) is 12.3. The van der Waals surface area contributed by atoms with Crippen molar-refractivity contribution in [3.63, 3.8) is 0 Å². The van der Waals surface area contributed by atoms with Crippen LogP contribution in [0.25, 0.3) is 87.3 Å². The van der Waals surface area contributed by atoms with E-state index in [0.717, 1.165) is 72.6 Å². The Morgan fingerprint density at radius 1 is 0.281 bits per heavy atom. The summed E-state index contributed by atoms with van der Waals surface area (Å²) in [7, 11) is 0. The van der Waals surface area contributed by atoms with Gasteiger partial charge in [0.1, 0.15) is 11.2 Å². The van der Waals surface area contributed by atoms with Crippen LogP contribution in [0.3, 0.4) is 0 Å². The Morgan fingerprint density at radius 2 is 0.708 bits per heavy atom. The monoisotopic (exact) mass is 1150 g/mol. The van der Waals surface area contributed by atoms with Crippen molar-refractivity contribution in [1.29, 1.82) is 0 Å². The Hall–Kier alpha value is -10.2. The van der Waals surface area contributed by atoms with Crippen LogP contribution in [0.1, 0.15) is 109 Å². The van der Waals surface area contributed by atoms with Crippen molar-refractivity contribution in [2.75, 3.05) is 9.80 Å². The molecular formula is C85H66N2O2. The second-order valence-electron chi connectivity index (χ2n) is 25.3. The highest BCUT2D eigenvalue weighted by atomic mass is 16.3. The molecule has 0 saturated heterocycles. The van der Waals surface area contributed by atoms with Crippen LogP contribution < -0.4 is 9.80 Å². The maximum Gasteiger partial charge on any atom is 0.159 e. The Labute approximate surface area is 518 Å². The molecule has 13 aromatic carbocycles. The van der Waals surface area contributed by atoms with Crippen molar-refractivity contribution in [2.24, 2.45) is 0 Å². The van der Waals surface area contributed by atoms with Crippen LogP contribution in [0.2, 0.25) is 0 Å². The van der Waals surface area contributed by atoms with Crippen LogP contribution >= 0.6 is 0 Å². The second kappa shape index (κ2) is 21.0. The molecule has 0 spiro atoms. The van der Waals surface area contributed by atoms with Gasteiger partial charge in [-0.2, -0.15) is 0 Å². The molecule has 15 aromatic rings. The zero-order valence-electron chi connectivity index (χ0n) is 49.8. The van der Waals surface area contributed by atoms with Crippen LogP contribution in [0.5, 0.6) is 0 Å². The number of anilines is 6. The fourth-order valence-electron chi connectivity index (χ4n) is 16.8. The number of rotatable bonds is 10. The number of hydrogen-bond acceptors (Lipinski definition) is 4. The zero-order valence-corrected chi connectivity index (χ0v) is 49.8. The summed E-state index contributed by atoms with van der Waals surface area (Å²) in [5.41, 5.74) is 19.6. The predicted octanol–water partition coefficient (Wildman–Crippen LogP) is 24.3. The summed E-state index contributed by atoms with van der Waals surface area (Å²) in [5.74, 6) is 0.998. The lowest BCUT2D eigenvalue weighted by molar-refractivity contribution is 0.442. The lowest BCUT2D eigenvalue weighted by Gasteiger charge is -2.36. The maximum absolute atomic E-state index is 7.42. The number of para-hydroxylation sites is 6. The maximum atomic E-state index is 7.42. The molecule has 0 atom stereocenters. The molecule has 2 heterocycles. The number of fused-ring (bicyclic) bond motifs is 16. The first kappa shape index (κ1) is 52.0. The fourth-order valence-corrected chi connectivity index (χ4v) is 16.8. The van der Waals surface area contributed by atoms with E-state index in [-0.39, 0.29) is 0 Å². The third-order valence-electron chi connectivity index (χ3n) is 20.6. The molecule has 428 valence electrons. The van der Waals surface area contributed by atoms with Crippen LogP contribution in [0.15, 0.2) is 276 Å². The molecule has 3 aliphatic carbocycles. The standard InChI is InChI=1S/C85H66N2O2/c1-7-27-55(28-8-1)62-43-23-45-69-71-47-25-49-75(83(71)88-81(62)69)86(59-35-15-5-16-36-59)61-51-52-68-73(53-61)64-39-19-21-41-66(64)79-78-67-42-22-20-40-65(67)77(54-74(78)85(80(68)79,57-31-11-3-12-32-57)58-33-13-4-14-34-58)87(60-37-17-6-18-38-60)76-50-26-48-72-70-46-24-44-63(82(70)89-84(72)76)56-29-9-2-10-30-56/h3-6,11-26,31-56H,1-2,7-10,27-30H2. The number of furan rings is 2. The van der Waals surface area contributed by atoms with E-state index in [4.69, 9.17) is 8.83 Å². The molecule has 3 aliphatic rings. The van der Waals surface area contributed by atoms with Crippen molar-refractivity contribution in [2.45, 2.75) is 81.5 Å². The molecule has 18 rings (SSSR count). The summed E-state index contributed by atoms with van der Waals surface area (Å²) < 4.78 is 14.7. The van der Waals surface area contributed by atoms with E-state index in [9.17, 15) is 0 Å². The van der Waals surface area contributed by atoms with Crippen molar-refractivity contribution >= 4 is 110 Å². The van der Waals surface area contributed by atoms with Gasteiger partial charge < -0.3 is 18.6 Å². The summed E-state index contributed by atoms with van der Waals surface area (Å²) in [4.78, 5) is 4.93. The first-order valence-electron chi connectivity index (χ1n) is 32.5. The Bertz CT molecular complexity index is 5190. The highest BCUT2D eigenvalue weighted by Crippen LogP contribution is 2.64. The van der Waals surface area contributed by atoms with Crippen molar-refractivity contribution in [3.8, 4) is 11.1 Å². The summed E-state index contributed by atoms with van der Waals surface area (Å²) in [6.45, 7) is 0. The van der Waals surface area contributed by atoms with Gasteiger partial charge in [-0.3, -0.25) is 0 Å². The van der Waals surface area contributed by atoms with Crippen LogP contribution in [0, 0.1) is 0 Å². The fraction of sp³-hybridized carbons (Fsp3) is 0.153. The topological polar surface area (TPSA) is 32.8 Å². The van der Waals surface area contributed by atoms with E-state index in [0.29, 0.717) is 11.8 Å². The minimum Gasteiger partial charge on any atom is -0.454 e. The Balaban J connectivity index is 0.918. The molecule has 4 nitrogen and oxygen atoms in total. The highest BCUT2D eigenvalue weighted by Gasteiger charge is 2.49. The van der Waals surface area contributed by atoms with Gasteiger partial charge in [0, 0.05) is 44.0 Å². The summed E-state index contributed by atoms with van der Waals surface area (Å²) in [6, 6.07) is 100. The zero-order chi connectivity index (χ0) is 58.6. The van der Waals surface area contributed by atoms with E-state index < -0.39 is 5.41 Å². The molecule has 0 aliphatic heterocycles. The van der Waals surface area contributed by atoms with Crippen LogP contribution in [0.4, 0.5) is 34.1 Å². The average Bonchev–Trinajstić information content (AvgIpc) is 1.52. The summed E-state index contributed by atoms with van der Waals surface area (Å²) in [5, 5.41) is 11.9. The molecular weight excluding hydrogens is 1080 g/mol. The molecule has 0 unspecified atom stereocenters. The number of nitrogens with zero attached hydrogens (tertiary/aromatic N) is 2. The summed E-state index contributed by atoms with van der Waals surface area (Å²) >= 11 is 0. The van der Waals surface area contributed by atoms with Gasteiger partial charge in [0.15, 0.2) is 11.2 Å². The molecule has 4 heteroatoms. The predicted molar refractivity (Wildman–Crippen MR) is 372 cm³/mol. The van der Waals surface area contributed by atoms with Gasteiger partial charge in [0.05, 0.1) is 22.5 Å². The normalized spacial score (nSPS) is 15.2. The van der Waals surface area contributed by atoms with E-state index in [1.807, 2.05) is 0 Å². The Morgan fingerprint density at radius 3 is 1.25 bits per heavy atom. The average molecular weight is 1150 g/mol. The third kappa shape index (κ3) is 7.98. The third-order valence-corrected chi connectivity index (χ3v) is 20.6. The van der Waals surface area contributed by atoms with Gasteiger partial charge in [0.25, 0.3) is 0 Å². The molecule has 2 fully saturated rings. The van der Waals surface area contributed by atoms with E-state index in [1.54, 1.807) is 0 Å². The summed E-state index contributed by atoms with van der Waals surface area (Å²) in [6.07, 6.45) is 12.5. The molecule has 0 N–H and O–H groups in total. The minimum absolute atomic E-state index is 0.492. The lowest BCUT2D eigenvalue weighted by atomic mass is 9.66. The molecule has 89 heavy (non-hydrogen) atoms. The SMILES string of the molecule is c1ccc(N(c2ccc3c4c(c5ccccc5c3c2)-c2c(cc(N(c3ccccc3)c3cccc5c3oc3c(C6CCCCC6)cccc35)c3ccccc23)C4(c2ccccc2)c2ccccc2)c2cccc3c2oc2c(C4CCCCC4)cccc23)cc1. The molecule has 2 saturated carbocycles. The smallest absolute Gasteiger partial charge is 0.159 e. The largest absolute Gasteiger partial charge is 0.454 e. The van der Waals surface area contributed by atoms with Gasteiger partial charge in [0.2, 0.25) is 0 Å². The number of hydrogen-bond donors (Lipinski definition) is 0. The van der Waals surface area contributed by atoms with Gasteiger partial charge in [-0.1, -0.05) is 251 Å². The van der Waals surface area contributed by atoms with Gasteiger partial charge in [-0.25, -0.2) is 0 Å². The highest BCUT2D eigenvalue weighted by molar-refractivity contribution is 6.24. The van der Waals surface area contributed by atoms with E-state index in [2.05, 4.69) is 277 Å². The number of benzene rings is 13. The van der Waals surface area contributed by atoms with E-state index in [1.165, 1.54) is 146 Å².